The van der Waals surface area contributed by atoms with Gasteiger partial charge in [0.15, 0.2) is 6.07 Å². The monoisotopic (exact) mass is 188 g/mol. The Kier molecular flexibility index (Phi) is 3.05. The van der Waals surface area contributed by atoms with Gasteiger partial charge in [0.25, 0.3) is 0 Å². The smallest absolute Gasteiger partial charge is 0.252 e. The molecule has 0 spiro atoms. The average molecular weight is 188 g/mol. The third-order valence-electron chi connectivity index (χ3n) is 1.64. The average Bonchev–Trinajstić information content (AvgIpc) is 2.19. The quantitative estimate of drug-likeness (QED) is 0.410. The molecule has 0 unspecified atom stereocenters. The molecule has 0 amide bonds. The van der Waals surface area contributed by atoms with Crippen LogP contribution in [0.5, 0.6) is 0 Å². The van der Waals surface area contributed by atoms with Crippen molar-refractivity contribution in [3.63, 3.8) is 0 Å². The lowest BCUT2D eigenvalue weighted by Gasteiger charge is -1.92. The standard InChI is InChI=1S/C9H10N5/c1-3-8-4-7(2)12-14(13-8)9(5-10)6-11/h4,10H,3H2,1-2H3/q+1. The minimum atomic E-state index is -0.0107. The summed E-state index contributed by atoms with van der Waals surface area (Å²) in [5.41, 5.74) is 1.59. The topological polar surface area (TPSA) is 77.3 Å². The summed E-state index contributed by atoms with van der Waals surface area (Å²) in [6.45, 7) is 3.78. The highest BCUT2D eigenvalue weighted by atomic mass is 15.5. The molecule has 0 aliphatic carbocycles. The van der Waals surface area contributed by atoms with Gasteiger partial charge in [-0.1, -0.05) is 6.92 Å². The Hall–Kier alpha value is -2.05. The Balaban J connectivity index is 3.30. The Labute approximate surface area is 81.8 Å². The number of aryl methyl sites for hydroxylation is 2. The van der Waals surface area contributed by atoms with Crippen LogP contribution in [-0.4, -0.2) is 16.1 Å². The van der Waals surface area contributed by atoms with Crippen molar-refractivity contribution in [3.8, 4) is 6.07 Å². The van der Waals surface area contributed by atoms with Gasteiger partial charge in [0, 0.05) is 10.2 Å². The highest BCUT2D eigenvalue weighted by Crippen LogP contribution is 1.95. The Morgan fingerprint density at radius 2 is 2.36 bits per heavy atom. The third-order valence-corrected chi connectivity index (χ3v) is 1.64. The van der Waals surface area contributed by atoms with Crippen molar-refractivity contribution in [1.29, 1.82) is 10.7 Å². The number of hydrogen-bond acceptors (Lipinski definition) is 4. The largest absolute Gasteiger partial charge is 0.405 e. The van der Waals surface area contributed by atoms with Crippen molar-refractivity contribution in [1.82, 2.24) is 10.2 Å². The van der Waals surface area contributed by atoms with Crippen LogP contribution >= 0.6 is 0 Å². The molecule has 0 fully saturated rings. The Morgan fingerprint density at radius 1 is 1.64 bits per heavy atom. The van der Waals surface area contributed by atoms with Gasteiger partial charge in [0.1, 0.15) is 11.4 Å². The van der Waals surface area contributed by atoms with Gasteiger partial charge in [-0.05, 0) is 19.4 Å². The molecule has 0 aliphatic rings. The van der Waals surface area contributed by atoms with Gasteiger partial charge in [-0.2, -0.15) is 5.26 Å². The maximum absolute atomic E-state index is 8.66. The maximum atomic E-state index is 8.66. The Morgan fingerprint density at radius 3 is 2.86 bits per heavy atom. The molecule has 0 atom stereocenters. The summed E-state index contributed by atoms with van der Waals surface area (Å²) in [7, 11) is 0. The first-order chi connectivity index (χ1) is 6.71. The van der Waals surface area contributed by atoms with Crippen molar-refractivity contribution >= 4 is 11.6 Å². The van der Waals surface area contributed by atoms with Crippen molar-refractivity contribution in [2.45, 2.75) is 20.3 Å². The number of nitrogens with zero attached hydrogens (tertiary/aromatic N) is 4. The van der Waals surface area contributed by atoms with E-state index in [0.717, 1.165) is 22.6 Å². The van der Waals surface area contributed by atoms with Crippen LogP contribution in [0, 0.1) is 23.7 Å². The minimum Gasteiger partial charge on any atom is -0.252 e. The number of nitrogens with one attached hydrogen (secondary N) is 1. The summed E-state index contributed by atoms with van der Waals surface area (Å²) >= 11 is 0. The maximum Gasteiger partial charge on any atom is 0.405 e. The van der Waals surface area contributed by atoms with Crippen LogP contribution in [0.2, 0.25) is 0 Å². The summed E-state index contributed by atoms with van der Waals surface area (Å²) in [5, 5.41) is 23.6. The predicted molar refractivity (Wildman–Crippen MR) is 49.4 cm³/mol. The van der Waals surface area contributed by atoms with Crippen molar-refractivity contribution in [2.75, 3.05) is 0 Å². The molecule has 0 saturated heterocycles. The molecule has 1 aromatic heterocycles. The van der Waals surface area contributed by atoms with Crippen LogP contribution in [0.25, 0.3) is 5.70 Å². The molecule has 0 aromatic carbocycles. The molecule has 0 saturated carbocycles. The van der Waals surface area contributed by atoms with Gasteiger partial charge in [0.05, 0.1) is 10.7 Å². The fourth-order valence-electron chi connectivity index (χ4n) is 0.988. The number of nitriles is 1. The second-order valence-corrected chi connectivity index (χ2v) is 2.71. The molecule has 0 bridgehead atoms. The zero-order valence-electron chi connectivity index (χ0n) is 8.07. The van der Waals surface area contributed by atoms with Gasteiger partial charge >= 0.3 is 5.70 Å². The summed E-state index contributed by atoms with van der Waals surface area (Å²) in [4.78, 5) is 1.14. The lowest BCUT2D eigenvalue weighted by Crippen LogP contribution is -2.42. The van der Waals surface area contributed by atoms with Crippen LogP contribution in [0.3, 0.4) is 0 Å². The van der Waals surface area contributed by atoms with Crippen LogP contribution < -0.4 is 4.80 Å². The number of hydrogen-bond donors (Lipinski definition) is 1. The summed E-state index contributed by atoms with van der Waals surface area (Å²) in [6, 6.07) is 3.65. The molecule has 14 heavy (non-hydrogen) atoms. The van der Waals surface area contributed by atoms with E-state index in [0.29, 0.717) is 0 Å². The number of aromatic nitrogens is 3. The highest BCUT2D eigenvalue weighted by Gasteiger charge is 2.15. The molecular weight excluding hydrogens is 178 g/mol. The first kappa shape index (κ1) is 10.0. The van der Waals surface area contributed by atoms with E-state index < -0.39 is 0 Å². The Bertz CT molecular complexity index is 437. The van der Waals surface area contributed by atoms with Crippen LogP contribution in [0.1, 0.15) is 18.3 Å². The van der Waals surface area contributed by atoms with Crippen molar-refractivity contribution < 1.29 is 4.80 Å². The van der Waals surface area contributed by atoms with Gasteiger partial charge < -0.3 is 0 Å². The molecule has 70 valence electrons. The molecule has 1 heterocycles. The molecule has 5 nitrogen and oxygen atoms in total. The molecule has 1 N–H and O–H groups in total. The van der Waals surface area contributed by atoms with Crippen LogP contribution in [-0.2, 0) is 6.42 Å². The van der Waals surface area contributed by atoms with Crippen molar-refractivity contribution in [3.05, 3.63) is 17.5 Å². The first-order valence-corrected chi connectivity index (χ1v) is 4.18. The molecular formula is C9H10N5+. The highest BCUT2D eigenvalue weighted by molar-refractivity contribution is 5.80. The first-order valence-electron chi connectivity index (χ1n) is 4.18. The minimum absolute atomic E-state index is 0.0107. The van der Waals surface area contributed by atoms with Gasteiger partial charge in [-0.15, -0.1) is 0 Å². The molecule has 5 heteroatoms. The van der Waals surface area contributed by atoms with E-state index >= 15 is 0 Å². The fraction of sp³-hybridized carbons (Fsp3) is 0.333. The van der Waals surface area contributed by atoms with Gasteiger partial charge in [-0.3, -0.25) is 5.41 Å². The van der Waals surface area contributed by atoms with E-state index in [2.05, 4.69) is 10.2 Å². The van der Waals surface area contributed by atoms with E-state index in [-0.39, 0.29) is 5.70 Å². The van der Waals surface area contributed by atoms with Crippen molar-refractivity contribution in [2.24, 2.45) is 0 Å². The molecule has 0 radical (unpaired) electrons. The summed E-state index contributed by atoms with van der Waals surface area (Å²) in [5.74, 6) is 1.99. The predicted octanol–water partition coefficient (Wildman–Crippen LogP) is 0.248. The van der Waals surface area contributed by atoms with Crippen LogP contribution in [0.4, 0.5) is 0 Å². The second-order valence-electron chi connectivity index (χ2n) is 2.71. The number of rotatable bonds is 2. The van der Waals surface area contributed by atoms with E-state index in [4.69, 9.17) is 10.7 Å². The molecule has 1 aromatic rings. The zero-order valence-corrected chi connectivity index (χ0v) is 8.07. The van der Waals surface area contributed by atoms with E-state index in [9.17, 15) is 0 Å². The molecule has 0 aliphatic heterocycles. The lowest BCUT2D eigenvalue weighted by atomic mass is 10.3. The second kappa shape index (κ2) is 4.26. The van der Waals surface area contributed by atoms with Crippen LogP contribution in [0.15, 0.2) is 6.07 Å². The van der Waals surface area contributed by atoms with E-state index in [1.165, 1.54) is 0 Å². The fourth-order valence-corrected chi connectivity index (χ4v) is 0.988. The summed E-state index contributed by atoms with van der Waals surface area (Å²) < 4.78 is 0. The van der Waals surface area contributed by atoms with Gasteiger partial charge in [-0.25, -0.2) is 0 Å². The summed E-state index contributed by atoms with van der Waals surface area (Å²) in [6.07, 6.45) is 0.764. The number of allylic oxidation sites excluding steroid dienone is 1. The van der Waals surface area contributed by atoms with Gasteiger partial charge in [0.2, 0.25) is 0 Å². The third kappa shape index (κ3) is 2.00. The SMILES string of the molecule is CCc1cc(C)n[n+](C(=C=N)C#N)n1. The van der Waals surface area contributed by atoms with E-state index in [1.54, 1.807) is 6.07 Å². The molecule has 1 rings (SSSR count). The zero-order chi connectivity index (χ0) is 10.6. The van der Waals surface area contributed by atoms with E-state index in [1.807, 2.05) is 25.8 Å². The lowest BCUT2D eigenvalue weighted by molar-refractivity contribution is -0.703. The normalized spacial score (nSPS) is 8.93.